The van der Waals surface area contributed by atoms with Crippen LogP contribution in [0.4, 0.5) is 0 Å². The van der Waals surface area contributed by atoms with Crippen molar-refractivity contribution in [3.05, 3.63) is 64.6 Å². The number of methoxy groups -OCH3 is 1. The number of esters is 1. The van der Waals surface area contributed by atoms with Crippen molar-refractivity contribution in [1.82, 2.24) is 4.98 Å². The predicted octanol–water partition coefficient (Wildman–Crippen LogP) is 4.71. The van der Waals surface area contributed by atoms with Crippen molar-refractivity contribution < 1.29 is 19.0 Å². The summed E-state index contributed by atoms with van der Waals surface area (Å²) >= 11 is 7.25. The van der Waals surface area contributed by atoms with E-state index in [2.05, 4.69) is 4.98 Å². The van der Waals surface area contributed by atoms with Gasteiger partial charge in [0.15, 0.2) is 5.69 Å². The topological polar surface area (TPSA) is 57.7 Å². The predicted molar refractivity (Wildman–Crippen MR) is 101 cm³/mol. The lowest BCUT2D eigenvalue weighted by Crippen LogP contribution is -2.12. The Hall–Kier alpha value is -2.57. The zero-order chi connectivity index (χ0) is 18.4. The number of aromatic nitrogens is 1. The van der Waals surface area contributed by atoms with E-state index in [1.807, 2.05) is 12.1 Å². The molecular formula is C19H16ClNO4S. The van der Waals surface area contributed by atoms with Gasteiger partial charge >= 0.3 is 5.97 Å². The summed E-state index contributed by atoms with van der Waals surface area (Å²) in [5.74, 6) is 0.962. The Bertz CT molecular complexity index is 862. The van der Waals surface area contributed by atoms with E-state index in [9.17, 15) is 4.79 Å². The molecule has 1 heterocycles. The second kappa shape index (κ2) is 8.69. The number of thiazole rings is 1. The molecule has 0 amide bonds. The van der Waals surface area contributed by atoms with E-state index in [0.717, 1.165) is 16.3 Å². The van der Waals surface area contributed by atoms with Crippen LogP contribution in [-0.2, 0) is 4.74 Å². The maximum absolute atomic E-state index is 12.1. The van der Waals surface area contributed by atoms with Crippen molar-refractivity contribution in [1.29, 1.82) is 0 Å². The minimum Gasteiger partial charge on any atom is -0.497 e. The van der Waals surface area contributed by atoms with E-state index < -0.39 is 5.97 Å². The Balaban J connectivity index is 1.48. The molecule has 0 radical (unpaired) electrons. The number of hydrogen-bond donors (Lipinski definition) is 0. The number of benzene rings is 2. The summed E-state index contributed by atoms with van der Waals surface area (Å²) in [6.07, 6.45) is 0. The lowest BCUT2D eigenvalue weighted by Gasteiger charge is -2.07. The van der Waals surface area contributed by atoms with Gasteiger partial charge in [0.2, 0.25) is 0 Å². The number of rotatable bonds is 7. The third-order valence-electron chi connectivity index (χ3n) is 3.45. The molecule has 0 aliphatic rings. The van der Waals surface area contributed by atoms with Crippen molar-refractivity contribution in [2.24, 2.45) is 0 Å². The molecule has 0 aliphatic carbocycles. The molecule has 0 saturated heterocycles. The van der Waals surface area contributed by atoms with Crippen LogP contribution in [0.2, 0.25) is 5.02 Å². The van der Waals surface area contributed by atoms with Gasteiger partial charge in [-0.15, -0.1) is 11.3 Å². The second-order valence-electron chi connectivity index (χ2n) is 5.20. The quantitative estimate of drug-likeness (QED) is 0.432. The molecule has 134 valence electrons. The molecular weight excluding hydrogens is 374 g/mol. The first-order chi connectivity index (χ1) is 12.7. The molecule has 5 nitrogen and oxygen atoms in total. The van der Waals surface area contributed by atoms with Gasteiger partial charge in [-0.3, -0.25) is 0 Å². The lowest BCUT2D eigenvalue weighted by molar-refractivity contribution is 0.0444. The van der Waals surface area contributed by atoms with E-state index in [0.29, 0.717) is 10.8 Å². The van der Waals surface area contributed by atoms with Gasteiger partial charge in [0, 0.05) is 16.0 Å². The van der Waals surface area contributed by atoms with E-state index in [1.165, 1.54) is 11.3 Å². The van der Waals surface area contributed by atoms with E-state index in [1.54, 1.807) is 48.9 Å². The molecule has 0 aliphatic heterocycles. The Kier molecular flexibility index (Phi) is 6.09. The summed E-state index contributed by atoms with van der Waals surface area (Å²) in [5.41, 5.74) is 1.19. The van der Waals surface area contributed by atoms with Gasteiger partial charge in [0.25, 0.3) is 0 Å². The van der Waals surface area contributed by atoms with Gasteiger partial charge in [-0.2, -0.15) is 0 Å². The molecule has 0 fully saturated rings. The molecule has 0 bridgehead atoms. The smallest absolute Gasteiger partial charge is 0.357 e. The molecule has 0 N–H and O–H groups in total. The van der Waals surface area contributed by atoms with Crippen LogP contribution in [0, 0.1) is 0 Å². The summed E-state index contributed by atoms with van der Waals surface area (Å²) in [6.45, 7) is 0.394. The third kappa shape index (κ3) is 4.74. The Labute approximate surface area is 160 Å². The highest BCUT2D eigenvalue weighted by atomic mass is 35.5. The van der Waals surface area contributed by atoms with Crippen LogP contribution in [0.1, 0.15) is 10.5 Å². The highest BCUT2D eigenvalue weighted by Crippen LogP contribution is 2.25. The number of ether oxygens (including phenoxy) is 3. The van der Waals surface area contributed by atoms with Crippen molar-refractivity contribution >= 4 is 28.9 Å². The molecule has 26 heavy (non-hydrogen) atoms. The molecule has 0 saturated carbocycles. The monoisotopic (exact) mass is 389 g/mol. The van der Waals surface area contributed by atoms with Crippen molar-refractivity contribution in [3.8, 4) is 22.1 Å². The molecule has 0 unspecified atom stereocenters. The van der Waals surface area contributed by atoms with E-state index >= 15 is 0 Å². The van der Waals surface area contributed by atoms with Gasteiger partial charge < -0.3 is 14.2 Å². The van der Waals surface area contributed by atoms with Gasteiger partial charge in [0.1, 0.15) is 29.7 Å². The first-order valence-electron chi connectivity index (χ1n) is 7.81. The van der Waals surface area contributed by atoms with E-state index in [-0.39, 0.29) is 18.9 Å². The van der Waals surface area contributed by atoms with Crippen molar-refractivity contribution in [3.63, 3.8) is 0 Å². The molecule has 3 rings (SSSR count). The van der Waals surface area contributed by atoms with Crippen LogP contribution in [0.25, 0.3) is 10.6 Å². The Morgan fingerprint density at radius 3 is 2.42 bits per heavy atom. The van der Waals surface area contributed by atoms with Crippen LogP contribution in [0.3, 0.4) is 0 Å². The first-order valence-corrected chi connectivity index (χ1v) is 9.07. The maximum Gasteiger partial charge on any atom is 0.357 e. The average Bonchev–Trinajstić information content (AvgIpc) is 3.16. The zero-order valence-corrected chi connectivity index (χ0v) is 15.5. The SMILES string of the molecule is COc1ccc(OCCOC(=O)c2csc(-c3ccc(Cl)cc3)n2)cc1. The van der Waals surface area contributed by atoms with E-state index in [4.69, 9.17) is 25.8 Å². The van der Waals surface area contributed by atoms with Gasteiger partial charge in [-0.05, 0) is 36.4 Å². The average molecular weight is 390 g/mol. The highest BCUT2D eigenvalue weighted by Gasteiger charge is 2.13. The molecule has 0 atom stereocenters. The summed E-state index contributed by atoms with van der Waals surface area (Å²) in [6, 6.07) is 14.5. The normalized spacial score (nSPS) is 10.4. The standard InChI is InChI=1S/C19H16ClNO4S/c1-23-15-6-8-16(9-7-15)24-10-11-25-19(22)17-12-26-18(21-17)13-2-4-14(20)5-3-13/h2-9,12H,10-11H2,1H3. The van der Waals surface area contributed by atoms with Crippen molar-refractivity contribution in [2.45, 2.75) is 0 Å². The van der Waals surface area contributed by atoms with Crippen LogP contribution in [-0.4, -0.2) is 31.3 Å². The largest absolute Gasteiger partial charge is 0.497 e. The minimum absolute atomic E-state index is 0.138. The lowest BCUT2D eigenvalue weighted by atomic mass is 10.2. The second-order valence-corrected chi connectivity index (χ2v) is 6.50. The number of carbonyl (C=O) groups is 1. The number of carbonyl (C=O) groups excluding carboxylic acids is 1. The summed E-state index contributed by atoms with van der Waals surface area (Å²) < 4.78 is 15.8. The fraction of sp³-hybridized carbons (Fsp3) is 0.158. The number of nitrogens with zero attached hydrogens (tertiary/aromatic N) is 1. The van der Waals surface area contributed by atoms with Crippen LogP contribution in [0.5, 0.6) is 11.5 Å². The molecule has 1 aromatic heterocycles. The number of hydrogen-bond acceptors (Lipinski definition) is 6. The van der Waals surface area contributed by atoms with Gasteiger partial charge in [0.05, 0.1) is 7.11 Å². The number of halogens is 1. The summed E-state index contributed by atoms with van der Waals surface area (Å²) in [7, 11) is 1.60. The summed E-state index contributed by atoms with van der Waals surface area (Å²) in [5, 5.41) is 3.07. The summed E-state index contributed by atoms with van der Waals surface area (Å²) in [4.78, 5) is 16.4. The molecule has 7 heteroatoms. The third-order valence-corrected chi connectivity index (χ3v) is 4.59. The maximum atomic E-state index is 12.1. The zero-order valence-electron chi connectivity index (χ0n) is 14.0. The van der Waals surface area contributed by atoms with Gasteiger partial charge in [-0.25, -0.2) is 9.78 Å². The molecule has 0 spiro atoms. The van der Waals surface area contributed by atoms with Crippen LogP contribution in [0.15, 0.2) is 53.9 Å². The molecule has 3 aromatic rings. The highest BCUT2D eigenvalue weighted by molar-refractivity contribution is 7.13. The van der Waals surface area contributed by atoms with Crippen LogP contribution >= 0.6 is 22.9 Å². The fourth-order valence-corrected chi connectivity index (χ4v) is 3.05. The fourth-order valence-electron chi connectivity index (χ4n) is 2.13. The minimum atomic E-state index is -0.472. The Morgan fingerprint density at radius 1 is 1.04 bits per heavy atom. The van der Waals surface area contributed by atoms with Crippen molar-refractivity contribution in [2.75, 3.05) is 20.3 Å². The first kappa shape index (κ1) is 18.2. The van der Waals surface area contributed by atoms with Gasteiger partial charge in [-0.1, -0.05) is 23.7 Å². The molecule has 2 aromatic carbocycles. The Morgan fingerprint density at radius 2 is 1.73 bits per heavy atom. The van der Waals surface area contributed by atoms with Crippen LogP contribution < -0.4 is 9.47 Å².